The van der Waals surface area contributed by atoms with Gasteiger partial charge in [0.1, 0.15) is 5.75 Å². The molecule has 1 aromatic carbocycles. The molecule has 0 bridgehead atoms. The number of benzene rings is 1. The van der Waals surface area contributed by atoms with E-state index >= 15 is 0 Å². The van der Waals surface area contributed by atoms with Crippen LogP contribution in [0.5, 0.6) is 11.5 Å². The van der Waals surface area contributed by atoms with Crippen molar-refractivity contribution in [3.63, 3.8) is 0 Å². The van der Waals surface area contributed by atoms with E-state index in [9.17, 15) is 18.3 Å². The van der Waals surface area contributed by atoms with E-state index in [2.05, 4.69) is 9.97 Å². The van der Waals surface area contributed by atoms with Crippen LogP contribution in [0.3, 0.4) is 0 Å². The van der Waals surface area contributed by atoms with E-state index in [0.29, 0.717) is 24.6 Å². The van der Waals surface area contributed by atoms with Crippen molar-refractivity contribution in [2.24, 2.45) is 0 Å². The minimum Gasteiger partial charge on any atom is -0.508 e. The van der Waals surface area contributed by atoms with Gasteiger partial charge in [0.2, 0.25) is 0 Å². The van der Waals surface area contributed by atoms with E-state index in [1.54, 1.807) is 36.7 Å². The summed E-state index contributed by atoms with van der Waals surface area (Å²) >= 11 is 0. The van der Waals surface area contributed by atoms with Gasteiger partial charge in [0.05, 0.1) is 19.0 Å². The van der Waals surface area contributed by atoms with Crippen molar-refractivity contribution < 1.29 is 23.0 Å². The number of halogens is 3. The Morgan fingerprint density at radius 2 is 1.32 bits per heavy atom. The molecule has 154 valence electrons. The van der Waals surface area contributed by atoms with Crippen LogP contribution in [0, 0.1) is 0 Å². The van der Waals surface area contributed by atoms with E-state index in [1.165, 1.54) is 0 Å². The largest absolute Gasteiger partial charge is 0.508 e. The van der Waals surface area contributed by atoms with Gasteiger partial charge in [-0.25, -0.2) is 9.97 Å². The molecule has 0 unspecified atom stereocenters. The highest BCUT2D eigenvalue weighted by Crippen LogP contribution is 2.23. The van der Waals surface area contributed by atoms with Crippen molar-refractivity contribution in [2.45, 2.75) is 64.0 Å². The van der Waals surface area contributed by atoms with Gasteiger partial charge in [-0.15, -0.1) is 0 Å². The summed E-state index contributed by atoms with van der Waals surface area (Å²) in [6.07, 6.45) is 5.43. The molecular formula is C21H27F3N2O2. The highest BCUT2D eigenvalue weighted by atomic mass is 19.4. The monoisotopic (exact) mass is 396 g/mol. The van der Waals surface area contributed by atoms with Crippen LogP contribution in [0.4, 0.5) is 13.2 Å². The molecule has 0 aliphatic carbocycles. The molecule has 1 heterocycles. The minimum absolute atomic E-state index is 0.199. The number of nitrogens with zero attached hydrogens (tertiary/aromatic N) is 2. The normalized spacial score (nSPS) is 11.5. The fourth-order valence-corrected chi connectivity index (χ4v) is 2.83. The van der Waals surface area contributed by atoms with Crippen LogP contribution < -0.4 is 4.74 Å². The molecule has 0 spiro atoms. The maximum Gasteiger partial charge on any atom is 0.389 e. The second-order valence-electron chi connectivity index (χ2n) is 6.83. The van der Waals surface area contributed by atoms with E-state index in [0.717, 1.165) is 44.1 Å². The number of alkyl halides is 3. The van der Waals surface area contributed by atoms with Crippen molar-refractivity contribution in [3.8, 4) is 22.9 Å². The van der Waals surface area contributed by atoms with E-state index in [-0.39, 0.29) is 12.2 Å². The number of hydrogen-bond donors (Lipinski definition) is 1. The molecule has 28 heavy (non-hydrogen) atoms. The number of rotatable bonds is 12. The average Bonchev–Trinajstić information content (AvgIpc) is 2.66. The summed E-state index contributed by atoms with van der Waals surface area (Å²) < 4.78 is 41.7. The maximum absolute atomic E-state index is 12.0. The van der Waals surface area contributed by atoms with Gasteiger partial charge >= 0.3 is 6.18 Å². The van der Waals surface area contributed by atoms with Crippen molar-refractivity contribution >= 4 is 0 Å². The van der Waals surface area contributed by atoms with E-state index in [1.807, 2.05) is 0 Å². The third-order valence-corrected chi connectivity index (χ3v) is 4.38. The smallest absolute Gasteiger partial charge is 0.389 e. The number of aromatic nitrogens is 2. The first-order valence-electron chi connectivity index (χ1n) is 9.75. The molecule has 0 fully saturated rings. The SMILES string of the molecule is Oc1ccc(-c2ncc(OCCCCCCCCCCC(F)(F)F)cn2)cc1. The summed E-state index contributed by atoms with van der Waals surface area (Å²) in [4.78, 5) is 8.54. The van der Waals surface area contributed by atoms with Gasteiger partial charge in [0.15, 0.2) is 11.6 Å². The second-order valence-corrected chi connectivity index (χ2v) is 6.83. The Morgan fingerprint density at radius 3 is 1.89 bits per heavy atom. The summed E-state index contributed by atoms with van der Waals surface area (Å²) in [5.74, 6) is 1.39. The van der Waals surface area contributed by atoms with Crippen molar-refractivity contribution in [1.82, 2.24) is 9.97 Å². The maximum atomic E-state index is 12.0. The molecule has 1 N–H and O–H groups in total. The standard InChI is InChI=1S/C21H27F3N2O2/c22-21(23,24)13-7-5-3-1-2-4-6-8-14-28-19-15-25-20(26-16-19)17-9-11-18(27)12-10-17/h9-12,15-16,27H,1-8,13-14H2. The van der Waals surface area contributed by atoms with Crippen molar-refractivity contribution in [3.05, 3.63) is 36.7 Å². The quantitative estimate of drug-likeness (QED) is 0.428. The Hall–Kier alpha value is -2.31. The predicted octanol–water partition coefficient (Wildman–Crippen LogP) is 6.30. The topological polar surface area (TPSA) is 55.2 Å². The van der Waals surface area contributed by atoms with Crippen molar-refractivity contribution in [1.29, 1.82) is 0 Å². The number of phenols is 1. The summed E-state index contributed by atoms with van der Waals surface area (Å²) in [6, 6.07) is 6.68. The number of aromatic hydroxyl groups is 1. The number of ether oxygens (including phenoxy) is 1. The Balaban J connectivity index is 1.50. The Labute approximate surface area is 163 Å². The molecule has 0 saturated heterocycles. The lowest BCUT2D eigenvalue weighted by atomic mass is 10.1. The molecule has 0 atom stereocenters. The van der Waals surface area contributed by atoms with Crippen LogP contribution in [-0.2, 0) is 0 Å². The van der Waals surface area contributed by atoms with Gasteiger partial charge in [-0.3, -0.25) is 0 Å². The minimum atomic E-state index is -4.02. The van der Waals surface area contributed by atoms with Crippen LogP contribution in [0.25, 0.3) is 11.4 Å². The Morgan fingerprint density at radius 1 is 0.786 bits per heavy atom. The Kier molecular flexibility index (Phi) is 9.04. The van der Waals surface area contributed by atoms with Gasteiger partial charge in [-0.05, 0) is 37.1 Å². The summed E-state index contributed by atoms with van der Waals surface area (Å²) in [5, 5.41) is 9.30. The molecule has 4 nitrogen and oxygen atoms in total. The lowest BCUT2D eigenvalue weighted by Crippen LogP contribution is -2.06. The fraction of sp³-hybridized carbons (Fsp3) is 0.524. The van der Waals surface area contributed by atoms with Crippen LogP contribution >= 0.6 is 0 Å². The van der Waals surface area contributed by atoms with Gasteiger partial charge in [0, 0.05) is 12.0 Å². The molecule has 0 aliphatic heterocycles. The van der Waals surface area contributed by atoms with Crippen LogP contribution in [0.15, 0.2) is 36.7 Å². The summed E-state index contributed by atoms with van der Waals surface area (Å²) in [5.41, 5.74) is 0.822. The molecular weight excluding hydrogens is 369 g/mol. The van der Waals surface area contributed by atoms with Crippen molar-refractivity contribution in [2.75, 3.05) is 6.61 Å². The van der Waals surface area contributed by atoms with E-state index < -0.39 is 12.6 Å². The lowest BCUT2D eigenvalue weighted by Gasteiger charge is -2.07. The molecule has 0 amide bonds. The zero-order chi connectivity index (χ0) is 20.2. The average molecular weight is 396 g/mol. The Bertz CT molecular complexity index is 674. The van der Waals surface area contributed by atoms with Crippen LogP contribution in [-0.4, -0.2) is 27.9 Å². The zero-order valence-corrected chi connectivity index (χ0v) is 15.9. The van der Waals surface area contributed by atoms with Gasteiger partial charge in [0.25, 0.3) is 0 Å². The summed E-state index contributed by atoms with van der Waals surface area (Å²) in [7, 11) is 0. The third-order valence-electron chi connectivity index (χ3n) is 4.38. The van der Waals surface area contributed by atoms with Gasteiger partial charge in [-0.2, -0.15) is 13.2 Å². The molecule has 7 heteroatoms. The van der Waals surface area contributed by atoms with E-state index in [4.69, 9.17) is 4.74 Å². The van der Waals surface area contributed by atoms with Gasteiger partial charge in [-0.1, -0.05) is 38.5 Å². The number of unbranched alkanes of at least 4 members (excludes halogenated alkanes) is 7. The number of phenolic OH excluding ortho intramolecular Hbond substituents is 1. The number of hydrogen-bond acceptors (Lipinski definition) is 4. The molecule has 0 aliphatic rings. The molecule has 0 saturated carbocycles. The second kappa shape index (κ2) is 11.5. The van der Waals surface area contributed by atoms with Crippen LogP contribution in [0.1, 0.15) is 57.8 Å². The highest BCUT2D eigenvalue weighted by molar-refractivity contribution is 5.55. The molecule has 0 radical (unpaired) electrons. The molecule has 2 rings (SSSR count). The highest BCUT2D eigenvalue weighted by Gasteiger charge is 2.25. The first-order chi connectivity index (χ1) is 13.4. The molecule has 1 aromatic heterocycles. The zero-order valence-electron chi connectivity index (χ0n) is 15.9. The first-order valence-corrected chi connectivity index (χ1v) is 9.75. The van der Waals surface area contributed by atoms with Crippen LogP contribution in [0.2, 0.25) is 0 Å². The molecule has 2 aromatic rings. The third kappa shape index (κ3) is 9.06. The summed E-state index contributed by atoms with van der Waals surface area (Å²) in [6.45, 7) is 0.591. The predicted molar refractivity (Wildman–Crippen MR) is 102 cm³/mol. The lowest BCUT2D eigenvalue weighted by molar-refractivity contribution is -0.135. The fourth-order valence-electron chi connectivity index (χ4n) is 2.83. The first kappa shape index (κ1) is 22.0. The van der Waals surface area contributed by atoms with Gasteiger partial charge < -0.3 is 9.84 Å².